The van der Waals surface area contributed by atoms with Crippen molar-refractivity contribution in [2.45, 2.75) is 32.6 Å². The molecule has 2 aromatic carbocycles. The average Bonchev–Trinajstić information content (AvgIpc) is 3.40. The number of rotatable bonds is 5. The number of fused-ring (bicyclic) bond motifs is 1. The molecule has 0 unspecified atom stereocenters. The molecule has 3 aromatic rings. The molecular weight excluding hydrogens is 437 g/mol. The van der Waals surface area contributed by atoms with E-state index >= 15 is 0 Å². The van der Waals surface area contributed by atoms with Crippen molar-refractivity contribution in [3.05, 3.63) is 63.7 Å². The SMILES string of the molecule is C/C(=N/NC(=O)c1sc2cc(F)ccc2c1Cl)c1cccc(NC(=O)C2CCCC2)c1. The van der Waals surface area contributed by atoms with Crippen LogP contribution >= 0.6 is 22.9 Å². The van der Waals surface area contributed by atoms with Crippen molar-refractivity contribution in [3.8, 4) is 0 Å². The molecule has 31 heavy (non-hydrogen) atoms. The predicted octanol–water partition coefficient (Wildman–Crippen LogP) is 5.98. The lowest BCUT2D eigenvalue weighted by molar-refractivity contribution is -0.119. The number of hydrogen-bond donors (Lipinski definition) is 2. The van der Waals surface area contributed by atoms with Gasteiger partial charge in [0.1, 0.15) is 10.7 Å². The lowest BCUT2D eigenvalue weighted by Crippen LogP contribution is -2.20. The Morgan fingerprint density at radius 2 is 1.94 bits per heavy atom. The number of amides is 2. The van der Waals surface area contributed by atoms with Crippen LogP contribution in [0.25, 0.3) is 10.1 Å². The largest absolute Gasteiger partial charge is 0.326 e. The summed E-state index contributed by atoms with van der Waals surface area (Å²) in [5.74, 6) is -0.714. The first-order chi connectivity index (χ1) is 14.9. The standard InChI is InChI=1S/C23H21ClFN3O2S/c1-13(15-7-4-8-17(11-15)26-22(29)14-5-2-3-6-14)27-28-23(30)21-20(24)18-10-9-16(25)12-19(18)31-21/h4,7-12,14H,2-3,5-6H2,1H3,(H,26,29)(H,28,30)/b27-13-. The van der Waals surface area contributed by atoms with Crippen molar-refractivity contribution < 1.29 is 14.0 Å². The van der Waals surface area contributed by atoms with Crippen molar-refractivity contribution in [1.29, 1.82) is 0 Å². The van der Waals surface area contributed by atoms with E-state index in [9.17, 15) is 14.0 Å². The van der Waals surface area contributed by atoms with Crippen LogP contribution in [0, 0.1) is 11.7 Å². The maximum atomic E-state index is 13.4. The molecule has 1 fully saturated rings. The van der Waals surface area contributed by atoms with Gasteiger partial charge >= 0.3 is 0 Å². The van der Waals surface area contributed by atoms with Gasteiger partial charge in [-0.05, 0) is 55.7 Å². The fourth-order valence-corrected chi connectivity index (χ4v) is 5.12. The van der Waals surface area contributed by atoms with Crippen LogP contribution in [0.3, 0.4) is 0 Å². The van der Waals surface area contributed by atoms with Gasteiger partial charge in [0.05, 0.1) is 10.7 Å². The average molecular weight is 458 g/mol. The van der Waals surface area contributed by atoms with Gasteiger partial charge in [0.15, 0.2) is 0 Å². The lowest BCUT2D eigenvalue weighted by atomic mass is 10.1. The van der Waals surface area contributed by atoms with Crippen molar-refractivity contribution in [3.63, 3.8) is 0 Å². The van der Waals surface area contributed by atoms with Gasteiger partial charge in [-0.3, -0.25) is 9.59 Å². The van der Waals surface area contributed by atoms with E-state index in [-0.39, 0.29) is 27.5 Å². The number of halogens is 2. The summed E-state index contributed by atoms with van der Waals surface area (Å²) in [6.07, 6.45) is 4.07. The van der Waals surface area contributed by atoms with Crippen LogP contribution in [0.1, 0.15) is 47.8 Å². The predicted molar refractivity (Wildman–Crippen MR) is 123 cm³/mol. The quantitative estimate of drug-likeness (QED) is 0.365. The highest BCUT2D eigenvalue weighted by Gasteiger charge is 2.22. The zero-order valence-corrected chi connectivity index (χ0v) is 18.4. The molecule has 0 spiro atoms. The summed E-state index contributed by atoms with van der Waals surface area (Å²) in [7, 11) is 0. The first-order valence-electron chi connectivity index (χ1n) is 10.1. The normalized spacial score (nSPS) is 14.7. The van der Waals surface area contributed by atoms with Crippen LogP contribution in [0.15, 0.2) is 47.6 Å². The maximum Gasteiger partial charge on any atom is 0.283 e. The number of hydrogen-bond acceptors (Lipinski definition) is 4. The van der Waals surface area contributed by atoms with Crippen LogP contribution in [-0.4, -0.2) is 17.5 Å². The van der Waals surface area contributed by atoms with Gasteiger partial charge < -0.3 is 5.32 Å². The lowest BCUT2D eigenvalue weighted by Gasteiger charge is -2.11. The fraction of sp³-hybridized carbons (Fsp3) is 0.261. The zero-order chi connectivity index (χ0) is 22.0. The third-order valence-corrected chi connectivity index (χ3v) is 7.05. The molecule has 1 aliphatic rings. The van der Waals surface area contributed by atoms with Crippen LogP contribution in [-0.2, 0) is 4.79 Å². The smallest absolute Gasteiger partial charge is 0.283 e. The van der Waals surface area contributed by atoms with Crippen molar-refractivity contribution in [2.75, 3.05) is 5.32 Å². The van der Waals surface area contributed by atoms with E-state index in [0.29, 0.717) is 21.5 Å². The van der Waals surface area contributed by atoms with E-state index in [4.69, 9.17) is 11.6 Å². The Labute approximate surface area is 188 Å². The molecule has 8 heteroatoms. The monoisotopic (exact) mass is 457 g/mol. The number of thiophene rings is 1. The van der Waals surface area contributed by atoms with Gasteiger partial charge in [-0.15, -0.1) is 11.3 Å². The highest BCUT2D eigenvalue weighted by molar-refractivity contribution is 7.21. The number of nitrogens with zero attached hydrogens (tertiary/aromatic N) is 1. The Morgan fingerprint density at radius 3 is 2.71 bits per heavy atom. The Morgan fingerprint density at radius 1 is 1.16 bits per heavy atom. The Hall–Kier alpha value is -2.77. The van der Waals surface area contributed by atoms with Gasteiger partial charge in [0.2, 0.25) is 5.91 Å². The van der Waals surface area contributed by atoms with Crippen LogP contribution in [0.5, 0.6) is 0 Å². The number of hydrazone groups is 1. The third kappa shape index (κ3) is 4.78. The molecule has 1 aromatic heterocycles. The third-order valence-electron chi connectivity index (χ3n) is 5.40. The number of carbonyl (C=O) groups is 2. The Balaban J connectivity index is 1.46. The molecule has 2 N–H and O–H groups in total. The van der Waals surface area contributed by atoms with Crippen LogP contribution in [0.4, 0.5) is 10.1 Å². The summed E-state index contributed by atoms with van der Waals surface area (Å²) in [5.41, 5.74) is 4.56. The molecule has 0 aliphatic heterocycles. The molecule has 0 saturated heterocycles. The van der Waals surface area contributed by atoms with Gasteiger partial charge in [0, 0.05) is 21.7 Å². The number of carbonyl (C=O) groups excluding carboxylic acids is 2. The molecule has 1 heterocycles. The number of anilines is 1. The van der Waals surface area contributed by atoms with Crippen LogP contribution < -0.4 is 10.7 Å². The van der Waals surface area contributed by atoms with E-state index in [0.717, 1.165) is 42.6 Å². The summed E-state index contributed by atoms with van der Waals surface area (Å²) in [5, 5.41) is 8.05. The molecule has 0 radical (unpaired) electrons. The van der Waals surface area contributed by atoms with Crippen molar-refractivity contribution >= 4 is 56.2 Å². The summed E-state index contributed by atoms with van der Waals surface area (Å²) < 4.78 is 14.0. The summed E-state index contributed by atoms with van der Waals surface area (Å²) in [6.45, 7) is 1.76. The van der Waals surface area contributed by atoms with E-state index in [1.807, 2.05) is 24.3 Å². The second-order valence-corrected chi connectivity index (χ2v) is 9.01. The summed E-state index contributed by atoms with van der Waals surface area (Å²) in [6, 6.07) is 11.6. The molecule has 160 valence electrons. The second kappa shape index (κ2) is 9.16. The topological polar surface area (TPSA) is 70.6 Å². The first kappa shape index (κ1) is 21.5. The first-order valence-corrected chi connectivity index (χ1v) is 11.3. The molecular formula is C23H21ClFN3O2S. The highest BCUT2D eigenvalue weighted by atomic mass is 35.5. The second-order valence-electron chi connectivity index (χ2n) is 7.58. The van der Waals surface area contributed by atoms with Crippen molar-refractivity contribution in [1.82, 2.24) is 5.43 Å². The molecule has 4 rings (SSSR count). The molecule has 1 aliphatic carbocycles. The number of nitrogens with one attached hydrogen (secondary N) is 2. The van der Waals surface area contributed by atoms with Gasteiger partial charge in [-0.1, -0.05) is 36.6 Å². The molecule has 0 bridgehead atoms. The molecule has 2 amide bonds. The summed E-state index contributed by atoms with van der Waals surface area (Å²) in [4.78, 5) is 25.2. The minimum Gasteiger partial charge on any atom is -0.326 e. The van der Waals surface area contributed by atoms with Gasteiger partial charge in [-0.25, -0.2) is 9.82 Å². The highest BCUT2D eigenvalue weighted by Crippen LogP contribution is 2.35. The Kier molecular flexibility index (Phi) is 6.34. The van der Waals surface area contributed by atoms with Crippen LogP contribution in [0.2, 0.25) is 5.02 Å². The van der Waals surface area contributed by atoms with E-state index < -0.39 is 5.91 Å². The maximum absolute atomic E-state index is 13.4. The zero-order valence-electron chi connectivity index (χ0n) is 16.9. The van der Waals surface area contributed by atoms with E-state index in [1.54, 1.807) is 13.0 Å². The van der Waals surface area contributed by atoms with Gasteiger partial charge in [-0.2, -0.15) is 5.10 Å². The minimum absolute atomic E-state index is 0.0494. The number of benzene rings is 2. The fourth-order valence-electron chi connectivity index (χ4n) is 3.69. The molecule has 5 nitrogen and oxygen atoms in total. The Bertz CT molecular complexity index is 1180. The van der Waals surface area contributed by atoms with Gasteiger partial charge in [0.25, 0.3) is 5.91 Å². The molecule has 0 atom stereocenters. The minimum atomic E-state index is -0.461. The summed E-state index contributed by atoms with van der Waals surface area (Å²) >= 11 is 7.41. The van der Waals surface area contributed by atoms with Crippen molar-refractivity contribution in [2.24, 2.45) is 11.0 Å². The molecule has 1 saturated carbocycles. The van der Waals surface area contributed by atoms with E-state index in [2.05, 4.69) is 15.8 Å². The van der Waals surface area contributed by atoms with E-state index in [1.165, 1.54) is 12.1 Å².